The van der Waals surface area contributed by atoms with Gasteiger partial charge in [-0.15, -0.1) is 0 Å². The maximum atomic E-state index is 12.8. The Morgan fingerprint density at radius 2 is 2.04 bits per heavy atom. The summed E-state index contributed by atoms with van der Waals surface area (Å²) >= 11 is 0. The second-order valence-corrected chi connectivity index (χ2v) is 7.35. The molecule has 3 rings (SSSR count). The van der Waals surface area contributed by atoms with Crippen LogP contribution in [0, 0.1) is 5.92 Å². The van der Waals surface area contributed by atoms with Gasteiger partial charge in [0.05, 0.1) is 7.11 Å². The van der Waals surface area contributed by atoms with Crippen LogP contribution in [0.4, 0.5) is 0 Å². The number of ether oxygens (including phenoxy) is 1. The minimum absolute atomic E-state index is 0.325. The van der Waals surface area contributed by atoms with Crippen LogP contribution in [-0.2, 0) is 11.2 Å². The summed E-state index contributed by atoms with van der Waals surface area (Å²) in [7, 11) is 1.71. The molecule has 0 saturated carbocycles. The summed E-state index contributed by atoms with van der Waals surface area (Å²) in [5.74, 6) is 1.58. The van der Waals surface area contributed by atoms with Gasteiger partial charge in [-0.25, -0.2) is 0 Å². The summed E-state index contributed by atoms with van der Waals surface area (Å²) in [6.45, 7) is 6.40. The van der Waals surface area contributed by atoms with E-state index in [1.165, 1.54) is 24.9 Å². The predicted octanol–water partition coefficient (Wildman–Crippen LogP) is 2.96. The van der Waals surface area contributed by atoms with Gasteiger partial charge in [0.1, 0.15) is 5.75 Å². The molecule has 24 heavy (non-hydrogen) atoms. The SMILES string of the molecule is COc1ccccc1C[C@@H](C)CC(=O)N1CCCN2CCC[C@@H]2C1. The summed E-state index contributed by atoms with van der Waals surface area (Å²) in [6.07, 6.45) is 5.17. The lowest BCUT2D eigenvalue weighted by molar-refractivity contribution is -0.132. The number of hydrogen-bond acceptors (Lipinski definition) is 3. The van der Waals surface area contributed by atoms with Crippen molar-refractivity contribution < 1.29 is 9.53 Å². The Hall–Kier alpha value is -1.55. The Morgan fingerprint density at radius 1 is 1.25 bits per heavy atom. The molecule has 2 aliphatic rings. The number of nitrogens with zero attached hydrogens (tertiary/aromatic N) is 2. The van der Waals surface area contributed by atoms with Gasteiger partial charge in [0.15, 0.2) is 0 Å². The topological polar surface area (TPSA) is 32.8 Å². The number of rotatable bonds is 5. The van der Waals surface area contributed by atoms with Crippen molar-refractivity contribution in [1.82, 2.24) is 9.80 Å². The molecule has 2 heterocycles. The van der Waals surface area contributed by atoms with Crippen molar-refractivity contribution in [2.75, 3.05) is 33.3 Å². The zero-order valence-electron chi connectivity index (χ0n) is 15.0. The average molecular weight is 330 g/mol. The first kappa shape index (κ1) is 17.3. The number of amides is 1. The van der Waals surface area contributed by atoms with E-state index in [0.29, 0.717) is 24.3 Å². The fourth-order valence-corrected chi connectivity index (χ4v) is 4.18. The molecular formula is C20H30N2O2. The van der Waals surface area contributed by atoms with Crippen molar-refractivity contribution in [3.05, 3.63) is 29.8 Å². The first-order chi connectivity index (χ1) is 11.7. The minimum Gasteiger partial charge on any atom is -0.496 e. The zero-order chi connectivity index (χ0) is 16.9. The van der Waals surface area contributed by atoms with Crippen LogP contribution < -0.4 is 4.74 Å². The summed E-state index contributed by atoms with van der Waals surface area (Å²) in [6, 6.07) is 8.72. The molecule has 2 saturated heterocycles. The highest BCUT2D eigenvalue weighted by atomic mass is 16.5. The quantitative estimate of drug-likeness (QED) is 0.832. The van der Waals surface area contributed by atoms with Crippen LogP contribution in [-0.4, -0.2) is 55.0 Å². The number of fused-ring (bicyclic) bond motifs is 1. The van der Waals surface area contributed by atoms with Gasteiger partial charge in [0.25, 0.3) is 0 Å². The summed E-state index contributed by atoms with van der Waals surface area (Å²) in [4.78, 5) is 17.5. The first-order valence-electron chi connectivity index (χ1n) is 9.31. The summed E-state index contributed by atoms with van der Waals surface area (Å²) in [5, 5.41) is 0. The van der Waals surface area contributed by atoms with Crippen molar-refractivity contribution in [2.45, 2.75) is 45.1 Å². The molecular weight excluding hydrogens is 300 g/mol. The molecule has 0 spiro atoms. The highest BCUT2D eigenvalue weighted by Gasteiger charge is 2.30. The molecule has 0 radical (unpaired) electrons. The van der Waals surface area contributed by atoms with Crippen molar-refractivity contribution in [1.29, 1.82) is 0 Å². The number of benzene rings is 1. The van der Waals surface area contributed by atoms with Crippen molar-refractivity contribution in [3.63, 3.8) is 0 Å². The normalized spacial score (nSPS) is 22.8. The largest absolute Gasteiger partial charge is 0.496 e. The Labute approximate surface area is 145 Å². The van der Waals surface area contributed by atoms with E-state index in [2.05, 4.69) is 22.8 Å². The van der Waals surface area contributed by atoms with E-state index in [0.717, 1.165) is 38.2 Å². The van der Waals surface area contributed by atoms with E-state index in [-0.39, 0.29) is 0 Å². The molecule has 132 valence electrons. The lowest BCUT2D eigenvalue weighted by Crippen LogP contribution is -2.40. The summed E-state index contributed by atoms with van der Waals surface area (Å²) in [5.41, 5.74) is 1.19. The van der Waals surface area contributed by atoms with Gasteiger partial charge in [0, 0.05) is 32.1 Å². The van der Waals surface area contributed by atoms with Gasteiger partial charge < -0.3 is 9.64 Å². The second kappa shape index (κ2) is 8.02. The molecule has 4 heteroatoms. The van der Waals surface area contributed by atoms with Crippen LogP contribution in [0.5, 0.6) is 5.75 Å². The maximum Gasteiger partial charge on any atom is 0.222 e. The monoisotopic (exact) mass is 330 g/mol. The maximum absolute atomic E-state index is 12.8. The van der Waals surface area contributed by atoms with E-state index < -0.39 is 0 Å². The smallest absolute Gasteiger partial charge is 0.222 e. The second-order valence-electron chi connectivity index (χ2n) is 7.35. The Morgan fingerprint density at radius 3 is 2.88 bits per heavy atom. The average Bonchev–Trinajstić information content (AvgIpc) is 2.92. The van der Waals surface area contributed by atoms with E-state index in [9.17, 15) is 4.79 Å². The molecule has 2 atom stereocenters. The van der Waals surface area contributed by atoms with Crippen molar-refractivity contribution >= 4 is 5.91 Å². The summed E-state index contributed by atoms with van der Waals surface area (Å²) < 4.78 is 5.43. The molecule has 4 nitrogen and oxygen atoms in total. The molecule has 0 N–H and O–H groups in total. The Bertz CT molecular complexity index is 560. The van der Waals surface area contributed by atoms with E-state index in [4.69, 9.17) is 4.74 Å². The highest BCUT2D eigenvalue weighted by Crippen LogP contribution is 2.24. The van der Waals surface area contributed by atoms with Gasteiger partial charge in [-0.1, -0.05) is 25.1 Å². The van der Waals surface area contributed by atoms with Crippen LogP contribution in [0.15, 0.2) is 24.3 Å². The number of carbonyl (C=O) groups is 1. The number of hydrogen-bond donors (Lipinski definition) is 0. The first-order valence-corrected chi connectivity index (χ1v) is 9.31. The number of methoxy groups -OCH3 is 1. The molecule has 1 amide bonds. The third-order valence-electron chi connectivity index (χ3n) is 5.44. The molecule has 2 aliphatic heterocycles. The predicted molar refractivity (Wildman–Crippen MR) is 96.3 cm³/mol. The van der Waals surface area contributed by atoms with Crippen LogP contribution in [0.3, 0.4) is 0 Å². The fraction of sp³-hybridized carbons (Fsp3) is 0.650. The molecule has 0 bridgehead atoms. The highest BCUT2D eigenvalue weighted by molar-refractivity contribution is 5.76. The minimum atomic E-state index is 0.325. The van der Waals surface area contributed by atoms with Gasteiger partial charge in [-0.05, 0) is 49.8 Å². The Kier molecular flexibility index (Phi) is 5.77. The lowest BCUT2D eigenvalue weighted by Gasteiger charge is -2.26. The van der Waals surface area contributed by atoms with E-state index in [1.807, 2.05) is 18.2 Å². The van der Waals surface area contributed by atoms with Crippen molar-refractivity contribution in [3.8, 4) is 5.75 Å². The molecule has 0 aromatic heterocycles. The fourth-order valence-electron chi connectivity index (χ4n) is 4.18. The molecule has 0 unspecified atom stereocenters. The zero-order valence-corrected chi connectivity index (χ0v) is 15.0. The van der Waals surface area contributed by atoms with Crippen LogP contribution in [0.1, 0.15) is 38.2 Å². The standard InChI is InChI=1S/C20H30N2O2/c1-16(13-17-7-3-4-9-19(17)24-2)14-20(23)22-12-6-11-21-10-5-8-18(21)15-22/h3-4,7,9,16,18H,5-6,8,10-15H2,1-2H3/t16-,18-/m1/s1. The van der Waals surface area contributed by atoms with Crippen LogP contribution in [0.2, 0.25) is 0 Å². The molecule has 1 aromatic carbocycles. The number of carbonyl (C=O) groups excluding carboxylic acids is 1. The van der Waals surface area contributed by atoms with Gasteiger partial charge in [-0.2, -0.15) is 0 Å². The lowest BCUT2D eigenvalue weighted by atomic mass is 9.96. The van der Waals surface area contributed by atoms with Gasteiger partial charge >= 0.3 is 0 Å². The molecule has 1 aromatic rings. The van der Waals surface area contributed by atoms with Crippen LogP contribution in [0.25, 0.3) is 0 Å². The van der Waals surface area contributed by atoms with Gasteiger partial charge in [0.2, 0.25) is 5.91 Å². The Balaban J connectivity index is 1.55. The van der Waals surface area contributed by atoms with E-state index in [1.54, 1.807) is 7.11 Å². The van der Waals surface area contributed by atoms with Crippen LogP contribution >= 0.6 is 0 Å². The number of para-hydroxylation sites is 1. The van der Waals surface area contributed by atoms with Crippen molar-refractivity contribution in [2.24, 2.45) is 5.92 Å². The third kappa shape index (κ3) is 4.10. The van der Waals surface area contributed by atoms with E-state index >= 15 is 0 Å². The molecule has 0 aliphatic carbocycles. The van der Waals surface area contributed by atoms with Gasteiger partial charge in [-0.3, -0.25) is 9.69 Å². The molecule has 2 fully saturated rings. The third-order valence-corrected chi connectivity index (χ3v) is 5.44.